The number of nitrogens with one attached hydrogen (secondary N) is 2. The van der Waals surface area contributed by atoms with Gasteiger partial charge in [0.25, 0.3) is 0 Å². The van der Waals surface area contributed by atoms with Crippen molar-refractivity contribution in [3.8, 4) is 0 Å². The number of benzene rings is 1. The van der Waals surface area contributed by atoms with Crippen LogP contribution < -0.4 is 10.0 Å². The van der Waals surface area contributed by atoms with Gasteiger partial charge in [0.15, 0.2) is 0 Å². The molecule has 23 heavy (non-hydrogen) atoms. The molecule has 2 fully saturated rings. The van der Waals surface area contributed by atoms with Gasteiger partial charge in [0.2, 0.25) is 10.0 Å². The minimum absolute atomic E-state index is 0.324. The summed E-state index contributed by atoms with van der Waals surface area (Å²) in [4.78, 5) is 1.66. The Hall–Kier alpha value is -1.16. The second-order valence-corrected chi connectivity index (χ2v) is 7.57. The molecular weight excluding hydrogens is 331 g/mol. The molecule has 2 N–H and O–H groups in total. The fourth-order valence-corrected chi connectivity index (χ4v) is 4.46. The fourth-order valence-electron chi connectivity index (χ4n) is 3.18. The monoisotopic (exact) mass is 349 g/mol. The third-order valence-electron chi connectivity index (χ3n) is 4.35. The van der Waals surface area contributed by atoms with Crippen LogP contribution in [0.15, 0.2) is 29.2 Å². The number of nitrogens with zero attached hydrogens (tertiary/aromatic N) is 1. The Labute approximate surface area is 132 Å². The van der Waals surface area contributed by atoms with E-state index in [2.05, 4.69) is 10.0 Å². The molecule has 2 atom stereocenters. The van der Waals surface area contributed by atoms with Gasteiger partial charge in [-0.1, -0.05) is 6.07 Å². The van der Waals surface area contributed by atoms with E-state index < -0.39 is 21.8 Å². The lowest BCUT2D eigenvalue weighted by Crippen LogP contribution is -2.53. The summed E-state index contributed by atoms with van der Waals surface area (Å²) in [6.45, 7) is 1.48. The van der Waals surface area contributed by atoms with Crippen molar-refractivity contribution in [1.82, 2.24) is 14.9 Å². The molecule has 0 aliphatic carbocycles. The maximum absolute atomic E-state index is 12.8. The first-order valence-electron chi connectivity index (χ1n) is 7.43. The van der Waals surface area contributed by atoms with Crippen molar-refractivity contribution in [1.29, 1.82) is 0 Å². The minimum atomic E-state index is -4.57. The van der Waals surface area contributed by atoms with E-state index in [1.54, 1.807) is 0 Å². The molecule has 0 aromatic heterocycles. The van der Waals surface area contributed by atoms with Crippen molar-refractivity contribution in [2.24, 2.45) is 0 Å². The molecule has 0 radical (unpaired) electrons. The molecule has 128 valence electrons. The molecular formula is C14H18F3N3O2S. The zero-order valence-corrected chi connectivity index (χ0v) is 13.1. The third kappa shape index (κ3) is 3.52. The summed E-state index contributed by atoms with van der Waals surface area (Å²) in [5.74, 6) is 0. The van der Waals surface area contributed by atoms with Crippen LogP contribution in [0.3, 0.4) is 0 Å². The lowest BCUT2D eigenvalue weighted by Gasteiger charge is -2.34. The van der Waals surface area contributed by atoms with Crippen molar-refractivity contribution in [3.05, 3.63) is 29.8 Å². The van der Waals surface area contributed by atoms with E-state index in [0.29, 0.717) is 25.2 Å². The van der Waals surface area contributed by atoms with Crippen molar-refractivity contribution in [2.75, 3.05) is 13.2 Å². The molecule has 0 bridgehead atoms. The molecule has 0 saturated carbocycles. The second-order valence-electron chi connectivity index (χ2n) is 5.85. The summed E-state index contributed by atoms with van der Waals surface area (Å²) >= 11 is 0. The van der Waals surface area contributed by atoms with E-state index in [4.69, 9.17) is 0 Å². The second kappa shape index (κ2) is 6.04. The Morgan fingerprint density at radius 2 is 2.00 bits per heavy atom. The van der Waals surface area contributed by atoms with Crippen molar-refractivity contribution in [3.63, 3.8) is 0 Å². The van der Waals surface area contributed by atoms with Crippen LogP contribution in [0.4, 0.5) is 13.2 Å². The van der Waals surface area contributed by atoms with Gasteiger partial charge in [-0.25, -0.2) is 8.42 Å². The molecule has 2 saturated heterocycles. The highest BCUT2D eigenvalue weighted by molar-refractivity contribution is 7.89. The van der Waals surface area contributed by atoms with Crippen LogP contribution in [0.1, 0.15) is 24.8 Å². The highest BCUT2D eigenvalue weighted by Crippen LogP contribution is 2.31. The molecule has 1 aromatic rings. The molecule has 5 nitrogen and oxygen atoms in total. The van der Waals surface area contributed by atoms with Crippen LogP contribution >= 0.6 is 0 Å². The number of hydrogen-bond donors (Lipinski definition) is 2. The standard InChI is InChI=1S/C14H18F3N3O2S/c15-14(16,17)10-2-1-3-12(8-10)23(21,22)19-13-5-4-11-6-7-18-9-20(11)13/h1-3,8,11,13,18-19H,4-7,9H2/t11-,13+/m0/s1. The van der Waals surface area contributed by atoms with Gasteiger partial charge < -0.3 is 5.32 Å². The SMILES string of the molecule is O=S(=O)(N[C@H]1CC[C@H]2CCNCN21)c1cccc(C(F)(F)F)c1. The maximum Gasteiger partial charge on any atom is 0.416 e. The van der Waals surface area contributed by atoms with Gasteiger partial charge in [-0.15, -0.1) is 0 Å². The fraction of sp³-hybridized carbons (Fsp3) is 0.571. The van der Waals surface area contributed by atoms with Gasteiger partial charge in [-0.3, -0.25) is 4.90 Å². The summed E-state index contributed by atoms with van der Waals surface area (Å²) in [6.07, 6.45) is -2.46. The Morgan fingerprint density at radius 3 is 2.74 bits per heavy atom. The van der Waals surface area contributed by atoms with Gasteiger partial charge >= 0.3 is 6.18 Å². The van der Waals surface area contributed by atoms with Crippen LogP contribution in [-0.4, -0.2) is 38.7 Å². The number of alkyl halides is 3. The lowest BCUT2D eigenvalue weighted by atomic mass is 10.1. The number of hydrogen-bond acceptors (Lipinski definition) is 4. The highest BCUT2D eigenvalue weighted by atomic mass is 32.2. The van der Waals surface area contributed by atoms with Crippen LogP contribution in [0.2, 0.25) is 0 Å². The van der Waals surface area contributed by atoms with E-state index in [1.807, 2.05) is 4.90 Å². The van der Waals surface area contributed by atoms with Gasteiger partial charge in [0.05, 0.1) is 16.6 Å². The normalized spacial score (nSPS) is 26.2. The predicted molar refractivity (Wildman–Crippen MR) is 77.9 cm³/mol. The highest BCUT2D eigenvalue weighted by Gasteiger charge is 2.37. The Morgan fingerprint density at radius 1 is 1.22 bits per heavy atom. The van der Waals surface area contributed by atoms with Crippen molar-refractivity contribution >= 4 is 10.0 Å². The summed E-state index contributed by atoms with van der Waals surface area (Å²) < 4.78 is 65.6. The number of sulfonamides is 1. The van der Waals surface area contributed by atoms with E-state index in [9.17, 15) is 21.6 Å². The molecule has 2 aliphatic rings. The van der Waals surface area contributed by atoms with Crippen molar-refractivity contribution in [2.45, 2.75) is 42.5 Å². The molecule has 1 aromatic carbocycles. The molecule has 0 spiro atoms. The van der Waals surface area contributed by atoms with Crippen LogP contribution in [0.5, 0.6) is 0 Å². The van der Waals surface area contributed by atoms with Crippen LogP contribution in [0.25, 0.3) is 0 Å². The topological polar surface area (TPSA) is 61.4 Å². The van der Waals surface area contributed by atoms with Gasteiger partial charge in [0, 0.05) is 12.7 Å². The van der Waals surface area contributed by atoms with Gasteiger partial charge in [-0.05, 0) is 44.0 Å². The van der Waals surface area contributed by atoms with Crippen LogP contribution in [0, 0.1) is 0 Å². The Balaban J connectivity index is 1.79. The predicted octanol–water partition coefficient (Wildman–Crippen LogP) is 1.73. The Kier molecular flexibility index (Phi) is 4.39. The molecule has 2 aliphatic heterocycles. The summed E-state index contributed by atoms with van der Waals surface area (Å²) in [5.41, 5.74) is -0.968. The molecule has 0 amide bonds. The quantitative estimate of drug-likeness (QED) is 0.872. The Bertz CT molecular complexity index is 678. The molecule has 9 heteroatoms. The average Bonchev–Trinajstić information content (AvgIpc) is 2.89. The zero-order valence-electron chi connectivity index (χ0n) is 12.3. The van der Waals surface area contributed by atoms with E-state index in [1.165, 1.54) is 6.07 Å². The van der Waals surface area contributed by atoms with E-state index in [0.717, 1.165) is 31.5 Å². The molecule has 0 unspecified atom stereocenters. The largest absolute Gasteiger partial charge is 0.416 e. The zero-order chi connectivity index (χ0) is 16.7. The van der Waals surface area contributed by atoms with E-state index >= 15 is 0 Å². The van der Waals surface area contributed by atoms with Crippen LogP contribution in [-0.2, 0) is 16.2 Å². The first-order chi connectivity index (χ1) is 10.8. The lowest BCUT2D eigenvalue weighted by molar-refractivity contribution is -0.137. The first-order valence-corrected chi connectivity index (χ1v) is 8.92. The van der Waals surface area contributed by atoms with Gasteiger partial charge in [0.1, 0.15) is 0 Å². The van der Waals surface area contributed by atoms with Gasteiger partial charge in [-0.2, -0.15) is 17.9 Å². The average molecular weight is 349 g/mol. The van der Waals surface area contributed by atoms with E-state index in [-0.39, 0.29) is 11.1 Å². The summed E-state index contributed by atoms with van der Waals surface area (Å²) in [5, 5.41) is 3.18. The summed E-state index contributed by atoms with van der Waals surface area (Å²) in [7, 11) is -4.00. The summed E-state index contributed by atoms with van der Waals surface area (Å²) in [6, 6.07) is 4.14. The molecule has 3 rings (SSSR count). The minimum Gasteiger partial charge on any atom is -0.304 e. The van der Waals surface area contributed by atoms with Crippen molar-refractivity contribution < 1.29 is 21.6 Å². The number of halogens is 3. The number of fused-ring (bicyclic) bond motifs is 1. The first kappa shape index (κ1) is 16.7. The number of rotatable bonds is 3. The smallest absolute Gasteiger partial charge is 0.304 e. The maximum atomic E-state index is 12.8. The molecule has 2 heterocycles. The third-order valence-corrected chi connectivity index (χ3v) is 5.81.